The van der Waals surface area contributed by atoms with Crippen molar-refractivity contribution in [2.24, 2.45) is 0 Å². The van der Waals surface area contributed by atoms with Crippen LogP contribution in [-0.2, 0) is 0 Å². The fourth-order valence-corrected chi connectivity index (χ4v) is 4.01. The van der Waals surface area contributed by atoms with E-state index in [2.05, 4.69) is 17.0 Å². The van der Waals surface area contributed by atoms with Gasteiger partial charge < -0.3 is 9.64 Å². The number of hydrogen-bond acceptors (Lipinski definition) is 4. The molecule has 0 spiro atoms. The van der Waals surface area contributed by atoms with Gasteiger partial charge in [-0.25, -0.2) is 0 Å². The van der Waals surface area contributed by atoms with Gasteiger partial charge in [-0.2, -0.15) is 0 Å². The Kier molecular flexibility index (Phi) is 5.28. The third-order valence-corrected chi connectivity index (χ3v) is 5.71. The number of ether oxygens (including phenoxy) is 1. The molecular formula is C22H22ClNO3. The standard InChI is InChI=1S/C22H22ClNO3/c23-18-4-1-15(2-5-18)17-7-10-24(14-17)11-8-20(25)16-3-6-22-19(13-16)21(26)9-12-27-22/h1-6,13,17H,7-12,14H2. The lowest BCUT2D eigenvalue weighted by molar-refractivity contribution is 0.0933. The van der Waals surface area contributed by atoms with E-state index in [-0.39, 0.29) is 11.6 Å². The van der Waals surface area contributed by atoms with Crippen molar-refractivity contribution in [2.75, 3.05) is 26.2 Å². The van der Waals surface area contributed by atoms with Crippen LogP contribution in [0.25, 0.3) is 0 Å². The van der Waals surface area contributed by atoms with Crippen molar-refractivity contribution >= 4 is 23.2 Å². The van der Waals surface area contributed by atoms with E-state index in [1.807, 2.05) is 12.1 Å². The number of likely N-dealkylation sites (tertiary alicyclic amines) is 1. The highest BCUT2D eigenvalue weighted by atomic mass is 35.5. The Hall–Kier alpha value is -2.17. The molecule has 1 fully saturated rings. The normalized spacial score (nSPS) is 19.6. The van der Waals surface area contributed by atoms with Crippen molar-refractivity contribution in [3.8, 4) is 5.75 Å². The predicted molar refractivity (Wildman–Crippen MR) is 105 cm³/mol. The van der Waals surface area contributed by atoms with Crippen molar-refractivity contribution in [1.29, 1.82) is 0 Å². The molecule has 27 heavy (non-hydrogen) atoms. The first kappa shape index (κ1) is 18.2. The summed E-state index contributed by atoms with van der Waals surface area (Å²) in [6, 6.07) is 13.3. The number of nitrogens with zero attached hydrogens (tertiary/aromatic N) is 1. The summed E-state index contributed by atoms with van der Waals surface area (Å²) < 4.78 is 5.48. The summed E-state index contributed by atoms with van der Waals surface area (Å²) in [5.41, 5.74) is 2.44. The number of fused-ring (bicyclic) bond motifs is 1. The molecule has 2 aromatic carbocycles. The average Bonchev–Trinajstić information content (AvgIpc) is 3.16. The van der Waals surface area contributed by atoms with E-state index in [4.69, 9.17) is 16.3 Å². The van der Waals surface area contributed by atoms with Crippen molar-refractivity contribution in [1.82, 2.24) is 4.90 Å². The summed E-state index contributed by atoms with van der Waals surface area (Å²) in [6.07, 6.45) is 1.94. The molecule has 4 rings (SSSR count). The fraction of sp³-hybridized carbons (Fsp3) is 0.364. The van der Waals surface area contributed by atoms with Crippen LogP contribution in [0.2, 0.25) is 5.02 Å². The molecule has 1 saturated heterocycles. The number of rotatable bonds is 5. The zero-order chi connectivity index (χ0) is 18.8. The van der Waals surface area contributed by atoms with Crippen LogP contribution < -0.4 is 4.74 Å². The van der Waals surface area contributed by atoms with Gasteiger partial charge in [0.25, 0.3) is 0 Å². The highest BCUT2D eigenvalue weighted by Crippen LogP contribution is 2.29. The lowest BCUT2D eigenvalue weighted by Crippen LogP contribution is -2.24. The predicted octanol–water partition coefficient (Wildman–Crippen LogP) is 4.37. The maximum Gasteiger partial charge on any atom is 0.170 e. The topological polar surface area (TPSA) is 46.6 Å². The van der Waals surface area contributed by atoms with E-state index < -0.39 is 0 Å². The number of halogens is 1. The Bertz CT molecular complexity index is 862. The maximum atomic E-state index is 12.6. The minimum absolute atomic E-state index is 0.0521. The summed E-state index contributed by atoms with van der Waals surface area (Å²) in [6.45, 7) is 3.12. The second kappa shape index (κ2) is 7.83. The minimum Gasteiger partial charge on any atom is -0.492 e. The van der Waals surface area contributed by atoms with Crippen LogP contribution in [0.5, 0.6) is 5.75 Å². The first-order chi connectivity index (χ1) is 13.1. The van der Waals surface area contributed by atoms with Crippen LogP contribution in [0.4, 0.5) is 0 Å². The highest BCUT2D eigenvalue weighted by Gasteiger charge is 2.25. The van der Waals surface area contributed by atoms with Gasteiger partial charge in [0.05, 0.1) is 12.2 Å². The van der Waals surface area contributed by atoms with Gasteiger partial charge in [0.2, 0.25) is 0 Å². The molecule has 140 valence electrons. The highest BCUT2D eigenvalue weighted by molar-refractivity contribution is 6.30. The lowest BCUT2D eigenvalue weighted by atomic mass is 9.98. The molecule has 2 aliphatic rings. The van der Waals surface area contributed by atoms with E-state index in [9.17, 15) is 9.59 Å². The van der Waals surface area contributed by atoms with Gasteiger partial charge in [-0.05, 0) is 54.8 Å². The first-order valence-electron chi connectivity index (χ1n) is 9.41. The summed E-state index contributed by atoms with van der Waals surface area (Å²) in [5.74, 6) is 1.21. The van der Waals surface area contributed by atoms with Crippen LogP contribution in [0.1, 0.15) is 51.5 Å². The third kappa shape index (κ3) is 4.07. The van der Waals surface area contributed by atoms with Gasteiger partial charge in [-0.1, -0.05) is 23.7 Å². The molecule has 2 aromatic rings. The third-order valence-electron chi connectivity index (χ3n) is 5.46. The number of hydrogen-bond donors (Lipinski definition) is 0. The second-order valence-electron chi connectivity index (χ2n) is 7.24. The van der Waals surface area contributed by atoms with E-state index in [0.29, 0.717) is 42.2 Å². The smallest absolute Gasteiger partial charge is 0.170 e. The molecule has 1 atom stereocenters. The summed E-state index contributed by atoms with van der Waals surface area (Å²) in [7, 11) is 0. The van der Waals surface area contributed by atoms with Gasteiger partial charge >= 0.3 is 0 Å². The Morgan fingerprint density at radius 1 is 1.19 bits per heavy atom. The molecule has 4 nitrogen and oxygen atoms in total. The molecule has 2 aliphatic heterocycles. The van der Waals surface area contributed by atoms with Crippen LogP contribution in [-0.4, -0.2) is 42.7 Å². The van der Waals surface area contributed by atoms with Gasteiger partial charge in [-0.15, -0.1) is 0 Å². The minimum atomic E-state index is 0.0521. The summed E-state index contributed by atoms with van der Waals surface area (Å²) in [4.78, 5) is 26.9. The van der Waals surface area contributed by atoms with E-state index >= 15 is 0 Å². The zero-order valence-corrected chi connectivity index (χ0v) is 15.9. The molecule has 0 N–H and O–H groups in total. The number of carbonyl (C=O) groups excluding carboxylic acids is 2. The lowest BCUT2D eigenvalue weighted by Gasteiger charge is -2.18. The molecular weight excluding hydrogens is 362 g/mol. The van der Waals surface area contributed by atoms with Gasteiger partial charge in [0.15, 0.2) is 11.6 Å². The van der Waals surface area contributed by atoms with Crippen LogP contribution in [0, 0.1) is 0 Å². The Balaban J connectivity index is 1.34. The van der Waals surface area contributed by atoms with Gasteiger partial charge in [0, 0.05) is 36.5 Å². The van der Waals surface area contributed by atoms with Gasteiger partial charge in [-0.3, -0.25) is 9.59 Å². The summed E-state index contributed by atoms with van der Waals surface area (Å²) in [5, 5.41) is 0.758. The SMILES string of the molecule is O=C(CCN1CCC(c2ccc(Cl)cc2)C1)c1ccc2c(c1)C(=O)CCO2. The number of benzene rings is 2. The molecule has 1 unspecified atom stereocenters. The molecule has 0 saturated carbocycles. The number of Topliss-reactive ketones (excluding diaryl/α,β-unsaturated/α-hetero) is 2. The quantitative estimate of drug-likeness (QED) is 0.719. The largest absolute Gasteiger partial charge is 0.492 e. The Labute approximate surface area is 164 Å². The number of ketones is 2. The van der Waals surface area contributed by atoms with Crippen LogP contribution >= 0.6 is 11.6 Å². The molecule has 0 radical (unpaired) electrons. The number of carbonyl (C=O) groups is 2. The Morgan fingerprint density at radius 2 is 2.00 bits per heavy atom. The molecule has 0 amide bonds. The van der Waals surface area contributed by atoms with E-state index in [1.54, 1.807) is 18.2 Å². The molecule has 0 aromatic heterocycles. The first-order valence-corrected chi connectivity index (χ1v) is 9.79. The molecule has 0 aliphatic carbocycles. The average molecular weight is 384 g/mol. The van der Waals surface area contributed by atoms with E-state index in [1.165, 1.54) is 5.56 Å². The fourth-order valence-electron chi connectivity index (χ4n) is 3.88. The maximum absolute atomic E-state index is 12.6. The van der Waals surface area contributed by atoms with E-state index in [0.717, 1.165) is 31.1 Å². The van der Waals surface area contributed by atoms with Crippen LogP contribution in [0.15, 0.2) is 42.5 Å². The van der Waals surface area contributed by atoms with Gasteiger partial charge in [0.1, 0.15) is 5.75 Å². The molecule has 0 bridgehead atoms. The second-order valence-corrected chi connectivity index (χ2v) is 7.68. The van der Waals surface area contributed by atoms with Crippen LogP contribution in [0.3, 0.4) is 0 Å². The molecule has 2 heterocycles. The monoisotopic (exact) mass is 383 g/mol. The van der Waals surface area contributed by atoms with Crippen molar-refractivity contribution in [3.05, 3.63) is 64.2 Å². The Morgan fingerprint density at radius 3 is 2.81 bits per heavy atom. The zero-order valence-electron chi connectivity index (χ0n) is 15.1. The summed E-state index contributed by atoms with van der Waals surface area (Å²) >= 11 is 5.97. The van der Waals surface area contributed by atoms with Crippen molar-refractivity contribution < 1.29 is 14.3 Å². The van der Waals surface area contributed by atoms with Crippen molar-refractivity contribution in [2.45, 2.75) is 25.2 Å². The molecule has 5 heteroatoms. The van der Waals surface area contributed by atoms with Crippen molar-refractivity contribution in [3.63, 3.8) is 0 Å².